The molecule has 0 radical (unpaired) electrons. The number of nitrogens with zero attached hydrogens (tertiary/aromatic N) is 4. The standard InChI is InChI=1S/C27H30FN7/c1-33(2)18-5-7-20(21(28)15-18)27-30-22-8-4-17(14-24(22)32-27)26-29-23-9-6-19(16-25(23)31-26)35-12-10-34(3)11-13-35/h4-9,14-16,26,29,31H,10-13H2,1-3H3,(H,30,32). The summed E-state index contributed by atoms with van der Waals surface area (Å²) >= 11 is 0. The molecular formula is C27H30FN7. The van der Waals surface area contributed by atoms with Crippen LogP contribution in [0.5, 0.6) is 0 Å². The number of halogens is 1. The molecule has 8 heteroatoms. The van der Waals surface area contributed by atoms with Crippen molar-refractivity contribution in [2.75, 3.05) is 67.8 Å². The third-order valence-corrected chi connectivity index (χ3v) is 7.03. The first-order valence-corrected chi connectivity index (χ1v) is 12.0. The first-order valence-electron chi connectivity index (χ1n) is 12.0. The Bertz CT molecular complexity index is 1390. The minimum Gasteiger partial charge on any atom is -0.378 e. The average molecular weight is 472 g/mol. The minimum absolute atomic E-state index is 0.0417. The van der Waals surface area contributed by atoms with Crippen molar-refractivity contribution in [3.63, 3.8) is 0 Å². The van der Waals surface area contributed by atoms with Crippen molar-refractivity contribution in [3.05, 3.63) is 66.0 Å². The number of aromatic amines is 1. The van der Waals surface area contributed by atoms with Crippen LogP contribution >= 0.6 is 0 Å². The lowest BCUT2D eigenvalue weighted by molar-refractivity contribution is 0.313. The summed E-state index contributed by atoms with van der Waals surface area (Å²) in [7, 11) is 5.97. The highest BCUT2D eigenvalue weighted by molar-refractivity contribution is 5.83. The van der Waals surface area contributed by atoms with Crippen molar-refractivity contribution in [1.29, 1.82) is 0 Å². The van der Waals surface area contributed by atoms with Gasteiger partial charge in [0.15, 0.2) is 0 Å². The quantitative estimate of drug-likeness (QED) is 0.400. The summed E-state index contributed by atoms with van der Waals surface area (Å²) in [5, 5.41) is 7.20. The zero-order valence-electron chi connectivity index (χ0n) is 20.3. The summed E-state index contributed by atoms with van der Waals surface area (Å²) < 4.78 is 14.8. The van der Waals surface area contributed by atoms with Crippen LogP contribution in [0, 0.1) is 5.82 Å². The maximum atomic E-state index is 14.8. The number of hydrogen-bond acceptors (Lipinski definition) is 6. The number of aromatic nitrogens is 2. The SMILES string of the molecule is CN1CCN(c2ccc3c(c2)NC(c2ccc4nc(-c5ccc(N(C)C)cc5F)[nH]c4c2)N3)CC1. The van der Waals surface area contributed by atoms with Crippen molar-refractivity contribution in [2.45, 2.75) is 6.17 Å². The third-order valence-electron chi connectivity index (χ3n) is 7.03. The van der Waals surface area contributed by atoms with Crippen LogP contribution in [0.1, 0.15) is 11.7 Å². The molecule has 3 aromatic carbocycles. The molecule has 3 heterocycles. The number of likely N-dealkylation sites (N-methyl/N-ethyl adjacent to an activating group) is 1. The van der Waals surface area contributed by atoms with E-state index in [2.05, 4.69) is 67.8 Å². The second-order valence-corrected chi connectivity index (χ2v) is 9.66. The van der Waals surface area contributed by atoms with E-state index in [-0.39, 0.29) is 12.0 Å². The van der Waals surface area contributed by atoms with Gasteiger partial charge in [-0.15, -0.1) is 0 Å². The van der Waals surface area contributed by atoms with Crippen LogP contribution in [0.4, 0.5) is 27.1 Å². The number of piperazine rings is 1. The van der Waals surface area contributed by atoms with Crippen LogP contribution < -0.4 is 20.4 Å². The Morgan fingerprint density at radius 3 is 2.49 bits per heavy atom. The predicted octanol–water partition coefficient (Wildman–Crippen LogP) is 4.72. The van der Waals surface area contributed by atoms with E-state index >= 15 is 0 Å². The second kappa shape index (κ2) is 8.46. The molecule has 0 saturated carbocycles. The van der Waals surface area contributed by atoms with Gasteiger partial charge in [0.2, 0.25) is 0 Å². The maximum absolute atomic E-state index is 14.8. The van der Waals surface area contributed by atoms with Crippen LogP contribution in [0.25, 0.3) is 22.4 Å². The van der Waals surface area contributed by atoms with Crippen LogP contribution in [0.2, 0.25) is 0 Å². The molecule has 1 fully saturated rings. The monoisotopic (exact) mass is 471 g/mol. The van der Waals surface area contributed by atoms with Gasteiger partial charge in [0, 0.05) is 51.6 Å². The molecule has 0 aliphatic carbocycles. The third kappa shape index (κ3) is 4.04. The zero-order valence-corrected chi connectivity index (χ0v) is 20.3. The highest BCUT2D eigenvalue weighted by Crippen LogP contribution is 2.38. The molecule has 1 saturated heterocycles. The molecule has 6 rings (SSSR count). The van der Waals surface area contributed by atoms with Crippen LogP contribution in [-0.4, -0.2) is 62.2 Å². The van der Waals surface area contributed by atoms with Gasteiger partial charge < -0.3 is 30.3 Å². The Labute approximate surface area is 204 Å². The fraction of sp³-hybridized carbons (Fsp3) is 0.296. The van der Waals surface area contributed by atoms with Crippen LogP contribution in [0.3, 0.4) is 0 Å². The van der Waals surface area contributed by atoms with Crippen LogP contribution in [-0.2, 0) is 0 Å². The summed E-state index contributed by atoms with van der Waals surface area (Å²) in [6.45, 7) is 4.26. The number of fused-ring (bicyclic) bond motifs is 2. The van der Waals surface area contributed by atoms with Gasteiger partial charge in [-0.05, 0) is 61.1 Å². The largest absolute Gasteiger partial charge is 0.378 e. The van der Waals surface area contributed by atoms with Gasteiger partial charge in [-0.2, -0.15) is 0 Å². The number of H-pyrrole nitrogens is 1. The van der Waals surface area contributed by atoms with Gasteiger partial charge >= 0.3 is 0 Å². The van der Waals surface area contributed by atoms with E-state index in [1.807, 2.05) is 31.1 Å². The Morgan fingerprint density at radius 1 is 0.914 bits per heavy atom. The van der Waals surface area contributed by atoms with E-state index in [0.29, 0.717) is 11.4 Å². The van der Waals surface area contributed by atoms with Crippen molar-refractivity contribution < 1.29 is 4.39 Å². The molecule has 4 aromatic rings. The molecule has 3 N–H and O–H groups in total. The van der Waals surface area contributed by atoms with E-state index in [1.54, 1.807) is 6.07 Å². The van der Waals surface area contributed by atoms with Crippen molar-refractivity contribution in [1.82, 2.24) is 14.9 Å². The Morgan fingerprint density at radius 2 is 1.71 bits per heavy atom. The van der Waals surface area contributed by atoms with E-state index in [1.165, 1.54) is 11.8 Å². The highest BCUT2D eigenvalue weighted by Gasteiger charge is 2.24. The van der Waals surface area contributed by atoms with E-state index in [0.717, 1.165) is 59.8 Å². The lowest BCUT2D eigenvalue weighted by Crippen LogP contribution is -2.44. The molecular weight excluding hydrogens is 441 g/mol. The van der Waals surface area contributed by atoms with Crippen molar-refractivity contribution in [2.24, 2.45) is 0 Å². The van der Waals surface area contributed by atoms with Crippen molar-refractivity contribution in [3.8, 4) is 11.4 Å². The minimum atomic E-state index is -0.291. The summed E-state index contributed by atoms with van der Waals surface area (Å²) in [6, 6.07) is 17.9. The molecule has 180 valence electrons. The van der Waals surface area contributed by atoms with E-state index in [4.69, 9.17) is 0 Å². The molecule has 0 bridgehead atoms. The molecule has 1 atom stereocenters. The first-order chi connectivity index (χ1) is 16.9. The summed E-state index contributed by atoms with van der Waals surface area (Å²) in [5.74, 6) is 0.244. The number of nitrogens with one attached hydrogen (secondary N) is 3. The first kappa shape index (κ1) is 21.7. The van der Waals surface area contributed by atoms with Gasteiger partial charge in [-0.3, -0.25) is 0 Å². The van der Waals surface area contributed by atoms with Gasteiger partial charge in [-0.1, -0.05) is 6.07 Å². The lowest BCUT2D eigenvalue weighted by Gasteiger charge is -2.34. The Kier molecular flexibility index (Phi) is 5.25. The predicted molar refractivity (Wildman–Crippen MR) is 142 cm³/mol. The average Bonchev–Trinajstić information content (AvgIpc) is 3.47. The molecule has 35 heavy (non-hydrogen) atoms. The number of rotatable bonds is 4. The summed E-state index contributed by atoms with van der Waals surface area (Å²) in [6.07, 6.45) is -0.0417. The van der Waals surface area contributed by atoms with Crippen LogP contribution in [0.15, 0.2) is 54.6 Å². The van der Waals surface area contributed by atoms with Gasteiger partial charge in [-0.25, -0.2) is 9.37 Å². The van der Waals surface area contributed by atoms with Gasteiger partial charge in [0.1, 0.15) is 17.8 Å². The second-order valence-electron chi connectivity index (χ2n) is 9.66. The number of hydrogen-bond donors (Lipinski definition) is 3. The smallest absolute Gasteiger partial charge is 0.141 e. The fourth-order valence-corrected chi connectivity index (χ4v) is 4.86. The molecule has 2 aliphatic heterocycles. The number of imidazole rings is 1. The fourth-order valence-electron chi connectivity index (χ4n) is 4.86. The lowest BCUT2D eigenvalue weighted by atomic mass is 10.1. The Hall–Kier alpha value is -3.78. The number of benzene rings is 3. The van der Waals surface area contributed by atoms with E-state index < -0.39 is 0 Å². The molecule has 2 aliphatic rings. The molecule has 1 unspecified atom stereocenters. The number of anilines is 4. The Balaban J connectivity index is 1.23. The molecule has 7 nitrogen and oxygen atoms in total. The maximum Gasteiger partial charge on any atom is 0.141 e. The van der Waals surface area contributed by atoms with Crippen molar-refractivity contribution >= 4 is 33.8 Å². The summed E-state index contributed by atoms with van der Waals surface area (Å²) in [5.41, 5.74) is 7.53. The van der Waals surface area contributed by atoms with Gasteiger partial charge in [0.05, 0.1) is 28.0 Å². The zero-order chi connectivity index (χ0) is 24.1. The molecule has 0 amide bonds. The summed E-state index contributed by atoms with van der Waals surface area (Å²) in [4.78, 5) is 14.6. The van der Waals surface area contributed by atoms with E-state index in [9.17, 15) is 4.39 Å². The van der Waals surface area contributed by atoms with Gasteiger partial charge in [0.25, 0.3) is 0 Å². The molecule has 0 spiro atoms. The topological polar surface area (TPSA) is 62.5 Å². The normalized spacial score (nSPS) is 17.8. The highest BCUT2D eigenvalue weighted by atomic mass is 19.1. The molecule has 1 aromatic heterocycles.